The molecule has 0 rings (SSSR count). The van der Waals surface area contributed by atoms with Crippen LogP contribution in [0.2, 0.25) is 0 Å². The van der Waals surface area contributed by atoms with Crippen LogP contribution in [-0.4, -0.2) is 59.4 Å². The molecule has 0 aromatic heterocycles. The first-order chi connectivity index (χ1) is 11.5. The van der Waals surface area contributed by atoms with Crippen molar-refractivity contribution in [2.75, 3.05) is 6.54 Å². The van der Waals surface area contributed by atoms with Gasteiger partial charge >= 0.3 is 5.97 Å². The van der Waals surface area contributed by atoms with E-state index in [-0.39, 0.29) is 18.9 Å². The second-order valence-electron chi connectivity index (χ2n) is 5.37. The Morgan fingerprint density at radius 2 is 1.60 bits per heavy atom. The molecule has 3 amide bonds. The molecule has 0 radical (unpaired) electrons. The number of hydrogen-bond donors (Lipinski definition) is 7. The highest BCUT2D eigenvalue weighted by molar-refractivity contribution is 5.93. The Hall–Kier alpha value is -2.89. The molecule has 142 valence electrons. The maximum atomic E-state index is 12.3. The number of nitrogens with one attached hydrogen (secondary N) is 2. The molecule has 0 aliphatic carbocycles. The lowest BCUT2D eigenvalue weighted by Gasteiger charge is -2.21. The van der Waals surface area contributed by atoms with Crippen LogP contribution in [0.15, 0.2) is 4.99 Å². The third kappa shape index (κ3) is 9.76. The van der Waals surface area contributed by atoms with Crippen LogP contribution in [0.25, 0.3) is 0 Å². The zero-order valence-corrected chi connectivity index (χ0v) is 13.9. The van der Waals surface area contributed by atoms with E-state index in [1.165, 1.54) is 6.92 Å². The Morgan fingerprint density at radius 3 is 2.04 bits per heavy atom. The largest absolute Gasteiger partial charge is 0.480 e. The van der Waals surface area contributed by atoms with Gasteiger partial charge in [0.05, 0.1) is 12.5 Å². The lowest BCUT2D eigenvalue weighted by molar-refractivity contribution is -0.143. The van der Waals surface area contributed by atoms with Crippen molar-refractivity contribution in [1.82, 2.24) is 10.6 Å². The first kappa shape index (κ1) is 22.1. The van der Waals surface area contributed by atoms with Gasteiger partial charge in [-0.2, -0.15) is 0 Å². The van der Waals surface area contributed by atoms with E-state index < -0.39 is 48.2 Å². The van der Waals surface area contributed by atoms with Gasteiger partial charge in [0.2, 0.25) is 17.7 Å². The summed E-state index contributed by atoms with van der Waals surface area (Å²) in [6.07, 6.45) is -0.115. The summed E-state index contributed by atoms with van der Waals surface area (Å²) in [4.78, 5) is 49.7. The van der Waals surface area contributed by atoms with Crippen LogP contribution >= 0.6 is 0 Å². The molecule has 0 aliphatic heterocycles. The molecular weight excluding hydrogens is 334 g/mol. The molecule has 0 saturated heterocycles. The van der Waals surface area contributed by atoms with Gasteiger partial charge in [-0.15, -0.1) is 0 Å². The number of aliphatic imine (C=N–C) groups is 1. The number of hydrogen-bond acceptors (Lipinski definition) is 6. The molecule has 0 heterocycles. The molecule has 0 unspecified atom stereocenters. The number of aliphatic carboxylic acids is 1. The number of carboxylic acids is 1. The Balaban J connectivity index is 4.98. The third-order valence-corrected chi connectivity index (χ3v) is 3.01. The van der Waals surface area contributed by atoms with Gasteiger partial charge in [0.25, 0.3) is 0 Å². The number of primary amides is 1. The average molecular weight is 359 g/mol. The molecule has 0 aliphatic rings. The van der Waals surface area contributed by atoms with Gasteiger partial charge in [-0.1, -0.05) is 0 Å². The highest BCUT2D eigenvalue weighted by Gasteiger charge is 2.27. The minimum absolute atomic E-state index is 0.118. The van der Waals surface area contributed by atoms with Crippen LogP contribution < -0.4 is 33.6 Å². The first-order valence-corrected chi connectivity index (χ1v) is 7.47. The number of nitrogens with two attached hydrogens (primary N) is 4. The summed E-state index contributed by atoms with van der Waals surface area (Å²) in [6, 6.07) is -3.44. The van der Waals surface area contributed by atoms with Gasteiger partial charge in [0, 0.05) is 6.54 Å². The molecule has 11 N–H and O–H groups in total. The molecule has 0 bridgehead atoms. The number of amides is 3. The zero-order valence-electron chi connectivity index (χ0n) is 13.9. The lowest BCUT2D eigenvalue weighted by atomic mass is 10.1. The number of nitrogens with zero attached hydrogens (tertiary/aromatic N) is 1. The van der Waals surface area contributed by atoms with E-state index in [0.717, 1.165) is 0 Å². The monoisotopic (exact) mass is 359 g/mol. The minimum Gasteiger partial charge on any atom is -0.480 e. The van der Waals surface area contributed by atoms with Crippen molar-refractivity contribution < 1.29 is 24.3 Å². The first-order valence-electron chi connectivity index (χ1n) is 7.47. The molecule has 12 heteroatoms. The molecule has 0 aromatic carbocycles. The quantitative estimate of drug-likeness (QED) is 0.110. The number of carbonyl (C=O) groups excluding carboxylic acids is 3. The summed E-state index contributed by atoms with van der Waals surface area (Å²) < 4.78 is 0. The van der Waals surface area contributed by atoms with E-state index in [1.807, 2.05) is 0 Å². The Bertz CT molecular complexity index is 531. The maximum Gasteiger partial charge on any atom is 0.326 e. The van der Waals surface area contributed by atoms with Crippen molar-refractivity contribution >= 4 is 29.7 Å². The molecule has 0 spiro atoms. The summed E-state index contributed by atoms with van der Waals surface area (Å²) in [5, 5.41) is 13.6. The predicted octanol–water partition coefficient (Wildman–Crippen LogP) is -3.68. The molecule has 25 heavy (non-hydrogen) atoms. The second-order valence-corrected chi connectivity index (χ2v) is 5.37. The van der Waals surface area contributed by atoms with E-state index in [9.17, 15) is 19.2 Å². The van der Waals surface area contributed by atoms with Crippen LogP contribution in [0.3, 0.4) is 0 Å². The average Bonchev–Trinajstić information content (AvgIpc) is 2.48. The zero-order chi connectivity index (χ0) is 19.6. The van der Waals surface area contributed by atoms with Crippen LogP contribution in [0.1, 0.15) is 26.2 Å². The van der Waals surface area contributed by atoms with Gasteiger partial charge in [-0.25, -0.2) is 4.79 Å². The van der Waals surface area contributed by atoms with Crippen molar-refractivity contribution in [1.29, 1.82) is 0 Å². The van der Waals surface area contributed by atoms with E-state index in [0.29, 0.717) is 6.42 Å². The Morgan fingerprint density at radius 1 is 1.04 bits per heavy atom. The maximum absolute atomic E-state index is 12.3. The van der Waals surface area contributed by atoms with Crippen LogP contribution in [0, 0.1) is 0 Å². The summed E-state index contributed by atoms with van der Waals surface area (Å²) in [5.74, 6) is -3.81. The molecule has 0 saturated carbocycles. The van der Waals surface area contributed by atoms with Crippen molar-refractivity contribution in [2.45, 2.75) is 44.3 Å². The van der Waals surface area contributed by atoms with Crippen molar-refractivity contribution in [2.24, 2.45) is 27.9 Å². The fraction of sp³-hybridized carbons (Fsp3) is 0.615. The third-order valence-electron chi connectivity index (χ3n) is 3.01. The van der Waals surface area contributed by atoms with Crippen LogP contribution in [-0.2, 0) is 19.2 Å². The summed E-state index contributed by atoms with van der Waals surface area (Å²) >= 11 is 0. The van der Waals surface area contributed by atoms with Crippen molar-refractivity contribution in [3.8, 4) is 0 Å². The standard InChI is InChI=1S/C13H25N7O5/c1-6(14)10(22)19-7(3-2-4-18-13(16)17)11(23)20-8(12(24)25)5-9(15)21/h6-8H,2-5,14H2,1H3,(H2,15,21)(H,19,22)(H,20,23)(H,24,25)(H4,16,17,18)/t6-,7-,8-/m0/s1. The van der Waals surface area contributed by atoms with E-state index in [2.05, 4.69) is 15.6 Å². The molecule has 12 nitrogen and oxygen atoms in total. The van der Waals surface area contributed by atoms with Crippen molar-refractivity contribution in [3.05, 3.63) is 0 Å². The Kier molecular flexibility index (Phi) is 9.56. The number of guanidine groups is 1. The molecule has 0 fully saturated rings. The molecule has 0 aromatic rings. The second kappa shape index (κ2) is 10.8. The predicted molar refractivity (Wildman–Crippen MR) is 88.9 cm³/mol. The van der Waals surface area contributed by atoms with Crippen molar-refractivity contribution in [3.63, 3.8) is 0 Å². The lowest BCUT2D eigenvalue weighted by Crippen LogP contribution is -2.54. The van der Waals surface area contributed by atoms with Gasteiger partial charge in [0.1, 0.15) is 12.1 Å². The summed E-state index contributed by atoms with van der Waals surface area (Å²) in [7, 11) is 0. The smallest absolute Gasteiger partial charge is 0.326 e. The highest BCUT2D eigenvalue weighted by Crippen LogP contribution is 2.02. The number of rotatable bonds is 11. The minimum atomic E-state index is -1.50. The fourth-order valence-electron chi connectivity index (χ4n) is 1.75. The summed E-state index contributed by atoms with van der Waals surface area (Å²) in [5.41, 5.74) is 20.8. The molecular formula is C13H25N7O5. The normalized spacial score (nSPS) is 13.8. The van der Waals surface area contributed by atoms with Gasteiger partial charge < -0.3 is 38.7 Å². The van der Waals surface area contributed by atoms with E-state index in [1.54, 1.807) is 0 Å². The summed E-state index contributed by atoms with van der Waals surface area (Å²) in [6.45, 7) is 1.64. The SMILES string of the molecule is C[C@H](N)C(=O)N[C@@H](CCCN=C(N)N)C(=O)N[C@@H](CC(N)=O)C(=O)O. The van der Waals surface area contributed by atoms with E-state index in [4.69, 9.17) is 28.0 Å². The topological polar surface area (TPSA) is 229 Å². The molecule has 3 atom stereocenters. The van der Waals surface area contributed by atoms with Crippen LogP contribution in [0.4, 0.5) is 0 Å². The van der Waals surface area contributed by atoms with Gasteiger partial charge in [-0.05, 0) is 19.8 Å². The van der Waals surface area contributed by atoms with Gasteiger partial charge in [0.15, 0.2) is 5.96 Å². The van der Waals surface area contributed by atoms with Crippen LogP contribution in [0.5, 0.6) is 0 Å². The van der Waals surface area contributed by atoms with Gasteiger partial charge in [-0.3, -0.25) is 19.4 Å². The number of carbonyl (C=O) groups is 4. The highest BCUT2D eigenvalue weighted by atomic mass is 16.4. The Labute approximate surface area is 144 Å². The van der Waals surface area contributed by atoms with E-state index >= 15 is 0 Å². The number of carboxylic acid groups (broad SMARTS) is 1. The fourth-order valence-corrected chi connectivity index (χ4v) is 1.75.